The molecule has 138 valence electrons. The van der Waals surface area contributed by atoms with Gasteiger partial charge in [-0.1, -0.05) is 12.1 Å². The number of amides is 2. The van der Waals surface area contributed by atoms with Gasteiger partial charge in [0.1, 0.15) is 5.82 Å². The fourth-order valence-corrected chi connectivity index (χ4v) is 3.17. The fraction of sp³-hybridized carbons (Fsp3) is 0.421. The molecule has 3 rings (SSSR count). The number of halogens is 1. The van der Waals surface area contributed by atoms with Gasteiger partial charge in [0, 0.05) is 38.4 Å². The molecule has 0 unspecified atom stereocenters. The third-order valence-corrected chi connectivity index (χ3v) is 4.63. The molecule has 1 aromatic heterocycles. The Morgan fingerprint density at radius 3 is 2.96 bits per heavy atom. The lowest BCUT2D eigenvalue weighted by molar-refractivity contribution is -0.138. The summed E-state index contributed by atoms with van der Waals surface area (Å²) >= 11 is 0. The molecule has 2 amide bonds. The summed E-state index contributed by atoms with van der Waals surface area (Å²) in [6.07, 6.45) is 5.07. The van der Waals surface area contributed by atoms with Gasteiger partial charge in [0.2, 0.25) is 11.8 Å². The van der Waals surface area contributed by atoms with Gasteiger partial charge in [-0.05, 0) is 36.6 Å². The molecule has 0 saturated carbocycles. The Labute approximate surface area is 152 Å². The molecule has 0 aliphatic carbocycles. The van der Waals surface area contributed by atoms with E-state index >= 15 is 0 Å². The van der Waals surface area contributed by atoms with E-state index in [2.05, 4.69) is 10.4 Å². The first kappa shape index (κ1) is 18.1. The van der Waals surface area contributed by atoms with Gasteiger partial charge in [-0.25, -0.2) is 4.39 Å². The highest BCUT2D eigenvalue weighted by Crippen LogP contribution is 2.18. The standard InChI is InChI=1S/C19H23FN4O2/c20-17-4-1-3-15(13-17)7-11-23-14-16(5-6-18(23)25)19(26)21-9-12-24-10-2-8-22-24/h1-4,8,10,13,16H,5-7,9,11-12,14H2,(H,21,26)/t16-/m1/s1. The van der Waals surface area contributed by atoms with E-state index in [0.717, 1.165) is 5.56 Å². The van der Waals surface area contributed by atoms with E-state index in [1.807, 2.05) is 18.3 Å². The van der Waals surface area contributed by atoms with Crippen LogP contribution in [0.25, 0.3) is 0 Å². The maximum atomic E-state index is 13.3. The molecule has 1 aliphatic heterocycles. The molecule has 1 aromatic carbocycles. The number of aromatic nitrogens is 2. The van der Waals surface area contributed by atoms with Gasteiger partial charge in [0.15, 0.2) is 0 Å². The summed E-state index contributed by atoms with van der Waals surface area (Å²) in [5.74, 6) is -0.442. The minimum atomic E-state index is -0.276. The first-order valence-electron chi connectivity index (χ1n) is 8.89. The van der Waals surface area contributed by atoms with Gasteiger partial charge >= 0.3 is 0 Å². The normalized spacial score (nSPS) is 17.3. The van der Waals surface area contributed by atoms with Crippen molar-refractivity contribution in [3.05, 3.63) is 54.1 Å². The van der Waals surface area contributed by atoms with E-state index in [0.29, 0.717) is 45.4 Å². The summed E-state index contributed by atoms with van der Waals surface area (Å²) in [6.45, 7) is 2.04. The van der Waals surface area contributed by atoms with Crippen LogP contribution in [0.2, 0.25) is 0 Å². The predicted molar refractivity (Wildman–Crippen MR) is 94.6 cm³/mol. The van der Waals surface area contributed by atoms with Crippen molar-refractivity contribution in [1.82, 2.24) is 20.0 Å². The van der Waals surface area contributed by atoms with Crippen molar-refractivity contribution in [2.45, 2.75) is 25.8 Å². The van der Waals surface area contributed by atoms with Crippen LogP contribution in [-0.2, 0) is 22.6 Å². The molecular weight excluding hydrogens is 335 g/mol. The molecule has 6 nitrogen and oxygen atoms in total. The van der Waals surface area contributed by atoms with Crippen LogP contribution in [0.1, 0.15) is 18.4 Å². The lowest BCUT2D eigenvalue weighted by atomic mass is 9.96. The number of carbonyl (C=O) groups excluding carboxylic acids is 2. The zero-order valence-electron chi connectivity index (χ0n) is 14.6. The highest BCUT2D eigenvalue weighted by atomic mass is 19.1. The maximum absolute atomic E-state index is 13.3. The molecule has 1 fully saturated rings. The minimum absolute atomic E-state index is 0.0274. The van der Waals surface area contributed by atoms with Gasteiger partial charge < -0.3 is 10.2 Å². The number of hydrogen-bond acceptors (Lipinski definition) is 3. The first-order valence-corrected chi connectivity index (χ1v) is 8.89. The van der Waals surface area contributed by atoms with Crippen LogP contribution in [0.4, 0.5) is 4.39 Å². The third kappa shape index (κ3) is 4.91. The van der Waals surface area contributed by atoms with E-state index in [4.69, 9.17) is 0 Å². The average Bonchev–Trinajstić information content (AvgIpc) is 3.14. The van der Waals surface area contributed by atoms with Crippen LogP contribution in [0, 0.1) is 11.7 Å². The Kier molecular flexibility index (Phi) is 5.99. The van der Waals surface area contributed by atoms with Crippen LogP contribution >= 0.6 is 0 Å². The van der Waals surface area contributed by atoms with E-state index in [1.165, 1.54) is 12.1 Å². The van der Waals surface area contributed by atoms with Gasteiger partial charge in [-0.3, -0.25) is 14.3 Å². The zero-order valence-corrected chi connectivity index (χ0v) is 14.6. The van der Waals surface area contributed by atoms with Gasteiger partial charge in [0.25, 0.3) is 0 Å². The van der Waals surface area contributed by atoms with Gasteiger partial charge in [-0.15, -0.1) is 0 Å². The van der Waals surface area contributed by atoms with E-state index in [1.54, 1.807) is 21.8 Å². The summed E-state index contributed by atoms with van der Waals surface area (Å²) < 4.78 is 15.0. The molecule has 0 radical (unpaired) electrons. The molecule has 1 N–H and O–H groups in total. The lowest BCUT2D eigenvalue weighted by Crippen LogP contribution is -2.46. The van der Waals surface area contributed by atoms with Crippen LogP contribution in [-0.4, -0.2) is 46.1 Å². The molecule has 0 spiro atoms. The number of benzene rings is 1. The Morgan fingerprint density at radius 2 is 2.19 bits per heavy atom. The zero-order chi connectivity index (χ0) is 18.4. The Morgan fingerprint density at radius 1 is 1.31 bits per heavy atom. The number of rotatable bonds is 7. The second-order valence-corrected chi connectivity index (χ2v) is 6.52. The van der Waals surface area contributed by atoms with Crippen molar-refractivity contribution in [3.8, 4) is 0 Å². The predicted octanol–water partition coefficient (Wildman–Crippen LogP) is 1.62. The molecule has 1 aliphatic rings. The average molecular weight is 358 g/mol. The number of nitrogens with one attached hydrogen (secondary N) is 1. The van der Waals surface area contributed by atoms with Crippen molar-refractivity contribution in [2.75, 3.05) is 19.6 Å². The van der Waals surface area contributed by atoms with Gasteiger partial charge in [-0.2, -0.15) is 5.10 Å². The number of likely N-dealkylation sites (tertiary alicyclic amines) is 1. The second-order valence-electron chi connectivity index (χ2n) is 6.52. The monoisotopic (exact) mass is 358 g/mol. The highest BCUT2D eigenvalue weighted by Gasteiger charge is 2.29. The quantitative estimate of drug-likeness (QED) is 0.818. The van der Waals surface area contributed by atoms with Gasteiger partial charge in [0.05, 0.1) is 12.5 Å². The van der Waals surface area contributed by atoms with Crippen LogP contribution in [0.3, 0.4) is 0 Å². The summed E-state index contributed by atoms with van der Waals surface area (Å²) in [6, 6.07) is 8.23. The van der Waals surface area contributed by atoms with Crippen molar-refractivity contribution in [2.24, 2.45) is 5.92 Å². The van der Waals surface area contributed by atoms with Crippen LogP contribution in [0.5, 0.6) is 0 Å². The molecule has 7 heteroatoms. The molecular formula is C19H23FN4O2. The number of nitrogens with zero attached hydrogens (tertiary/aromatic N) is 3. The molecule has 2 aromatic rings. The van der Waals surface area contributed by atoms with Crippen molar-refractivity contribution in [3.63, 3.8) is 0 Å². The molecule has 26 heavy (non-hydrogen) atoms. The largest absolute Gasteiger partial charge is 0.354 e. The molecule has 1 saturated heterocycles. The summed E-state index contributed by atoms with van der Waals surface area (Å²) in [5.41, 5.74) is 0.851. The lowest BCUT2D eigenvalue weighted by Gasteiger charge is -2.32. The fourth-order valence-electron chi connectivity index (χ4n) is 3.17. The Balaban J connectivity index is 1.47. The third-order valence-electron chi connectivity index (χ3n) is 4.63. The summed E-state index contributed by atoms with van der Waals surface area (Å²) in [5, 5.41) is 7.01. The SMILES string of the molecule is O=C(NCCn1cccn1)[C@@H]1CCC(=O)N(CCc2cccc(F)c2)C1. The molecule has 2 heterocycles. The number of carbonyl (C=O) groups is 2. The minimum Gasteiger partial charge on any atom is -0.354 e. The van der Waals surface area contributed by atoms with Crippen molar-refractivity contribution in [1.29, 1.82) is 0 Å². The topological polar surface area (TPSA) is 67.2 Å². The first-order chi connectivity index (χ1) is 12.6. The van der Waals surface area contributed by atoms with Crippen LogP contribution < -0.4 is 5.32 Å². The van der Waals surface area contributed by atoms with E-state index in [-0.39, 0.29) is 23.5 Å². The Bertz CT molecular complexity index is 748. The Hall–Kier alpha value is -2.70. The van der Waals surface area contributed by atoms with Crippen molar-refractivity contribution < 1.29 is 14.0 Å². The van der Waals surface area contributed by atoms with E-state index < -0.39 is 0 Å². The number of hydrogen-bond donors (Lipinski definition) is 1. The van der Waals surface area contributed by atoms with E-state index in [9.17, 15) is 14.0 Å². The number of piperidine rings is 1. The maximum Gasteiger partial charge on any atom is 0.224 e. The summed E-state index contributed by atoms with van der Waals surface area (Å²) in [4.78, 5) is 26.2. The molecule has 0 bridgehead atoms. The second kappa shape index (κ2) is 8.60. The highest BCUT2D eigenvalue weighted by molar-refractivity contribution is 5.83. The van der Waals surface area contributed by atoms with Crippen molar-refractivity contribution >= 4 is 11.8 Å². The van der Waals surface area contributed by atoms with Crippen LogP contribution in [0.15, 0.2) is 42.7 Å². The summed E-state index contributed by atoms with van der Waals surface area (Å²) in [7, 11) is 0. The molecule has 1 atom stereocenters. The smallest absolute Gasteiger partial charge is 0.224 e.